The topological polar surface area (TPSA) is 47.9 Å². The van der Waals surface area contributed by atoms with Crippen LogP contribution in [-0.2, 0) is 17.7 Å². The standard InChI is InChI=1S/C24H31NO3/c1-4-6-8-10-21-17-19(9-7-5-2)13-16-23(21)24(26)28-25-18-20-11-14-22(27-3)15-12-20/h11-18H,4-10H2,1-3H3. The molecule has 0 bridgehead atoms. The lowest BCUT2D eigenvalue weighted by Crippen LogP contribution is -2.07. The summed E-state index contributed by atoms with van der Waals surface area (Å²) >= 11 is 0. The Balaban J connectivity index is 2.07. The van der Waals surface area contributed by atoms with Crippen molar-refractivity contribution in [3.63, 3.8) is 0 Å². The molecule has 0 saturated carbocycles. The van der Waals surface area contributed by atoms with E-state index in [9.17, 15) is 4.79 Å². The molecule has 0 atom stereocenters. The Labute approximate surface area is 168 Å². The normalized spacial score (nSPS) is 11.0. The molecule has 0 aliphatic heterocycles. The lowest BCUT2D eigenvalue weighted by molar-refractivity contribution is 0.0518. The van der Waals surface area contributed by atoms with E-state index >= 15 is 0 Å². The van der Waals surface area contributed by atoms with Crippen LogP contribution in [0.25, 0.3) is 0 Å². The van der Waals surface area contributed by atoms with Gasteiger partial charge in [0, 0.05) is 0 Å². The summed E-state index contributed by atoms with van der Waals surface area (Å²) in [5.74, 6) is 0.368. The Morgan fingerprint density at radius 1 is 0.964 bits per heavy atom. The van der Waals surface area contributed by atoms with Crippen molar-refractivity contribution in [3.05, 3.63) is 64.7 Å². The van der Waals surface area contributed by atoms with Gasteiger partial charge in [-0.2, -0.15) is 0 Å². The molecule has 0 N–H and O–H groups in total. The van der Waals surface area contributed by atoms with Crippen molar-refractivity contribution in [2.24, 2.45) is 5.16 Å². The van der Waals surface area contributed by atoms with Gasteiger partial charge in [0.25, 0.3) is 0 Å². The smallest absolute Gasteiger partial charge is 0.365 e. The van der Waals surface area contributed by atoms with Gasteiger partial charge in [-0.25, -0.2) is 4.79 Å². The quantitative estimate of drug-likeness (QED) is 0.209. The summed E-state index contributed by atoms with van der Waals surface area (Å²) in [5.41, 5.74) is 3.80. The zero-order valence-electron chi connectivity index (χ0n) is 17.2. The fourth-order valence-electron chi connectivity index (χ4n) is 3.03. The molecule has 0 heterocycles. The van der Waals surface area contributed by atoms with E-state index in [4.69, 9.17) is 9.57 Å². The maximum absolute atomic E-state index is 12.6. The van der Waals surface area contributed by atoms with Gasteiger partial charge in [-0.3, -0.25) is 0 Å². The average molecular weight is 382 g/mol. The van der Waals surface area contributed by atoms with Gasteiger partial charge in [0.2, 0.25) is 0 Å². The van der Waals surface area contributed by atoms with Gasteiger partial charge in [-0.15, -0.1) is 0 Å². The van der Waals surface area contributed by atoms with Crippen LogP contribution < -0.4 is 4.74 Å². The van der Waals surface area contributed by atoms with Gasteiger partial charge >= 0.3 is 5.97 Å². The third-order valence-electron chi connectivity index (χ3n) is 4.71. The number of oxime groups is 1. The molecule has 28 heavy (non-hydrogen) atoms. The third kappa shape index (κ3) is 6.84. The predicted molar refractivity (Wildman–Crippen MR) is 114 cm³/mol. The van der Waals surface area contributed by atoms with Crippen molar-refractivity contribution in [3.8, 4) is 5.75 Å². The van der Waals surface area contributed by atoms with E-state index in [0.717, 1.165) is 61.8 Å². The first-order valence-corrected chi connectivity index (χ1v) is 10.2. The van der Waals surface area contributed by atoms with Gasteiger partial charge in [-0.1, -0.05) is 50.4 Å². The first-order chi connectivity index (χ1) is 13.7. The number of unbranched alkanes of at least 4 members (excludes halogenated alkanes) is 3. The minimum Gasteiger partial charge on any atom is -0.497 e. The van der Waals surface area contributed by atoms with Crippen molar-refractivity contribution in [1.82, 2.24) is 0 Å². The van der Waals surface area contributed by atoms with E-state index < -0.39 is 5.97 Å². The molecule has 0 unspecified atom stereocenters. The number of aryl methyl sites for hydroxylation is 2. The van der Waals surface area contributed by atoms with Crippen molar-refractivity contribution in [1.29, 1.82) is 0 Å². The molecule has 150 valence electrons. The number of carbonyl (C=O) groups excluding carboxylic acids is 1. The lowest BCUT2D eigenvalue weighted by atomic mass is 9.97. The maximum Gasteiger partial charge on any atom is 0.365 e. The summed E-state index contributed by atoms with van der Waals surface area (Å²) < 4.78 is 5.13. The summed E-state index contributed by atoms with van der Waals surface area (Å²) in [6.45, 7) is 4.37. The van der Waals surface area contributed by atoms with E-state index in [-0.39, 0.29) is 0 Å². The number of methoxy groups -OCH3 is 1. The molecule has 4 nitrogen and oxygen atoms in total. The molecule has 0 radical (unpaired) electrons. The van der Waals surface area contributed by atoms with E-state index in [1.54, 1.807) is 7.11 Å². The number of nitrogens with zero attached hydrogens (tertiary/aromatic N) is 1. The second-order valence-electron chi connectivity index (χ2n) is 6.94. The molecule has 0 spiro atoms. The van der Waals surface area contributed by atoms with Crippen LogP contribution in [0.15, 0.2) is 47.6 Å². The molecular formula is C24H31NO3. The fraction of sp³-hybridized carbons (Fsp3) is 0.417. The number of rotatable bonds is 11. The molecule has 4 heteroatoms. The van der Waals surface area contributed by atoms with E-state index in [1.165, 1.54) is 11.8 Å². The second kappa shape index (κ2) is 12.0. The Kier molecular flexibility index (Phi) is 9.26. The molecule has 2 aromatic rings. The van der Waals surface area contributed by atoms with E-state index in [2.05, 4.69) is 25.1 Å². The third-order valence-corrected chi connectivity index (χ3v) is 4.71. The van der Waals surface area contributed by atoms with Gasteiger partial charge in [-0.05, 0) is 72.7 Å². The number of ether oxygens (including phenoxy) is 1. The number of carbonyl (C=O) groups is 1. The number of hydrogen-bond donors (Lipinski definition) is 0. The summed E-state index contributed by atoms with van der Waals surface area (Å²) in [6.07, 6.45) is 9.17. The monoisotopic (exact) mass is 381 g/mol. The highest BCUT2D eigenvalue weighted by molar-refractivity contribution is 5.91. The minimum atomic E-state index is -0.404. The summed E-state index contributed by atoms with van der Waals surface area (Å²) in [4.78, 5) is 17.7. The van der Waals surface area contributed by atoms with E-state index in [0.29, 0.717) is 5.56 Å². The minimum absolute atomic E-state index is 0.404. The first kappa shape index (κ1) is 21.7. The van der Waals surface area contributed by atoms with Crippen molar-refractivity contribution in [2.45, 2.75) is 58.8 Å². The number of hydrogen-bond acceptors (Lipinski definition) is 4. The Morgan fingerprint density at radius 2 is 1.71 bits per heavy atom. The van der Waals surface area contributed by atoms with Crippen LogP contribution in [0.4, 0.5) is 0 Å². The highest BCUT2D eigenvalue weighted by Gasteiger charge is 2.14. The van der Waals surface area contributed by atoms with Crippen LogP contribution in [0.2, 0.25) is 0 Å². The summed E-state index contributed by atoms with van der Waals surface area (Å²) in [5, 5.41) is 3.87. The highest BCUT2D eigenvalue weighted by atomic mass is 16.7. The van der Waals surface area contributed by atoms with Crippen LogP contribution in [-0.4, -0.2) is 19.3 Å². The molecule has 0 saturated heterocycles. The second-order valence-corrected chi connectivity index (χ2v) is 6.94. The molecule has 2 aromatic carbocycles. The van der Waals surface area contributed by atoms with Crippen molar-refractivity contribution < 1.29 is 14.4 Å². The van der Waals surface area contributed by atoms with Crippen LogP contribution >= 0.6 is 0 Å². The van der Waals surface area contributed by atoms with Gasteiger partial charge in [0.15, 0.2) is 0 Å². The van der Waals surface area contributed by atoms with Crippen LogP contribution in [0.5, 0.6) is 5.75 Å². The highest BCUT2D eigenvalue weighted by Crippen LogP contribution is 2.18. The largest absolute Gasteiger partial charge is 0.497 e. The molecular weight excluding hydrogens is 350 g/mol. The summed E-state index contributed by atoms with van der Waals surface area (Å²) in [7, 11) is 1.62. The van der Waals surface area contributed by atoms with Gasteiger partial charge < -0.3 is 9.57 Å². The Morgan fingerprint density at radius 3 is 2.39 bits per heavy atom. The van der Waals surface area contributed by atoms with Gasteiger partial charge in [0.05, 0.1) is 18.9 Å². The number of benzene rings is 2. The molecule has 0 aliphatic rings. The van der Waals surface area contributed by atoms with Crippen LogP contribution in [0.1, 0.15) is 73.0 Å². The van der Waals surface area contributed by atoms with Crippen LogP contribution in [0, 0.1) is 0 Å². The lowest BCUT2D eigenvalue weighted by Gasteiger charge is -2.10. The molecule has 0 aliphatic carbocycles. The zero-order chi connectivity index (χ0) is 20.2. The SMILES string of the molecule is CCCCCc1cc(CCCC)ccc1C(=O)ON=Cc1ccc(OC)cc1. The Bertz CT molecular complexity index is 766. The maximum atomic E-state index is 12.6. The van der Waals surface area contributed by atoms with Crippen molar-refractivity contribution in [2.75, 3.05) is 7.11 Å². The molecule has 2 rings (SSSR count). The first-order valence-electron chi connectivity index (χ1n) is 10.2. The molecule has 0 fully saturated rings. The fourth-order valence-corrected chi connectivity index (χ4v) is 3.03. The van der Waals surface area contributed by atoms with Gasteiger partial charge in [0.1, 0.15) is 5.75 Å². The van der Waals surface area contributed by atoms with Crippen molar-refractivity contribution >= 4 is 12.2 Å². The Hall–Kier alpha value is -2.62. The molecule has 0 aromatic heterocycles. The summed E-state index contributed by atoms with van der Waals surface area (Å²) in [6, 6.07) is 13.5. The zero-order valence-corrected chi connectivity index (χ0v) is 17.2. The molecule has 0 amide bonds. The van der Waals surface area contributed by atoms with Crippen LogP contribution in [0.3, 0.4) is 0 Å². The van der Waals surface area contributed by atoms with E-state index in [1.807, 2.05) is 36.4 Å². The average Bonchev–Trinajstić information content (AvgIpc) is 2.73. The predicted octanol–water partition coefficient (Wildman–Crippen LogP) is 5.96.